The Balaban J connectivity index is 1.71. The highest BCUT2D eigenvalue weighted by molar-refractivity contribution is 5.69. The SMILES string of the molecule is NCC1CCCc2c1c(-c1ccc3c(c1)OCO3)nn2-c1ncccn1. The molecule has 0 saturated carbocycles. The Morgan fingerprint density at radius 1 is 1.15 bits per heavy atom. The van der Waals surface area contributed by atoms with Crippen LogP contribution < -0.4 is 15.2 Å². The lowest BCUT2D eigenvalue weighted by Crippen LogP contribution is -2.19. The summed E-state index contributed by atoms with van der Waals surface area (Å²) in [6.07, 6.45) is 6.58. The molecule has 0 spiro atoms. The quantitative estimate of drug-likeness (QED) is 0.781. The number of rotatable bonds is 3. The third-order valence-corrected chi connectivity index (χ3v) is 5.07. The molecule has 5 rings (SSSR count). The molecule has 132 valence electrons. The van der Waals surface area contributed by atoms with Gasteiger partial charge in [-0.3, -0.25) is 0 Å². The van der Waals surface area contributed by atoms with E-state index in [9.17, 15) is 0 Å². The van der Waals surface area contributed by atoms with E-state index in [2.05, 4.69) is 9.97 Å². The molecule has 0 fully saturated rings. The summed E-state index contributed by atoms with van der Waals surface area (Å²) in [5, 5.41) is 4.90. The van der Waals surface area contributed by atoms with Crippen molar-refractivity contribution < 1.29 is 9.47 Å². The van der Waals surface area contributed by atoms with Crippen molar-refractivity contribution in [2.45, 2.75) is 25.2 Å². The molecular formula is C19H19N5O2. The van der Waals surface area contributed by atoms with Gasteiger partial charge in [-0.1, -0.05) is 0 Å². The highest BCUT2D eigenvalue weighted by atomic mass is 16.7. The zero-order valence-electron chi connectivity index (χ0n) is 14.3. The first kappa shape index (κ1) is 15.3. The zero-order valence-corrected chi connectivity index (χ0v) is 14.3. The fourth-order valence-electron chi connectivity index (χ4n) is 3.85. The summed E-state index contributed by atoms with van der Waals surface area (Å²) in [4.78, 5) is 8.77. The van der Waals surface area contributed by atoms with E-state index in [0.717, 1.165) is 47.7 Å². The normalized spacial score (nSPS) is 18.0. The van der Waals surface area contributed by atoms with E-state index in [1.54, 1.807) is 18.5 Å². The van der Waals surface area contributed by atoms with Crippen LogP contribution in [0.5, 0.6) is 11.5 Å². The van der Waals surface area contributed by atoms with Crippen LogP contribution in [0.4, 0.5) is 0 Å². The number of aromatic nitrogens is 4. The third kappa shape index (κ3) is 2.35. The van der Waals surface area contributed by atoms with Gasteiger partial charge < -0.3 is 15.2 Å². The van der Waals surface area contributed by atoms with Crippen molar-refractivity contribution in [2.75, 3.05) is 13.3 Å². The van der Waals surface area contributed by atoms with Crippen molar-refractivity contribution >= 4 is 0 Å². The minimum Gasteiger partial charge on any atom is -0.454 e. The van der Waals surface area contributed by atoms with Crippen molar-refractivity contribution in [3.8, 4) is 28.7 Å². The van der Waals surface area contributed by atoms with Crippen molar-refractivity contribution in [3.05, 3.63) is 47.9 Å². The largest absolute Gasteiger partial charge is 0.454 e. The topological polar surface area (TPSA) is 88.1 Å². The van der Waals surface area contributed by atoms with E-state index in [0.29, 0.717) is 12.5 Å². The van der Waals surface area contributed by atoms with Gasteiger partial charge in [-0.2, -0.15) is 5.10 Å². The predicted molar refractivity (Wildman–Crippen MR) is 95.4 cm³/mol. The Kier molecular flexibility index (Phi) is 3.60. The summed E-state index contributed by atoms with van der Waals surface area (Å²) in [7, 11) is 0. The third-order valence-electron chi connectivity index (χ3n) is 5.07. The molecule has 26 heavy (non-hydrogen) atoms. The van der Waals surface area contributed by atoms with Crippen LogP contribution >= 0.6 is 0 Å². The molecule has 2 aromatic heterocycles. The summed E-state index contributed by atoms with van der Waals surface area (Å²) in [5.74, 6) is 2.40. The minimum absolute atomic E-state index is 0.259. The monoisotopic (exact) mass is 349 g/mol. The molecule has 0 bridgehead atoms. The summed E-state index contributed by atoms with van der Waals surface area (Å²) in [6.45, 7) is 0.862. The summed E-state index contributed by atoms with van der Waals surface area (Å²) in [6, 6.07) is 7.75. The van der Waals surface area contributed by atoms with Crippen LogP contribution in [0.15, 0.2) is 36.7 Å². The molecule has 3 heterocycles. The highest BCUT2D eigenvalue weighted by Gasteiger charge is 2.30. The molecule has 1 atom stereocenters. The van der Waals surface area contributed by atoms with E-state index < -0.39 is 0 Å². The molecule has 1 aliphatic carbocycles. The van der Waals surface area contributed by atoms with Crippen molar-refractivity contribution in [3.63, 3.8) is 0 Å². The van der Waals surface area contributed by atoms with Crippen LogP contribution in [-0.2, 0) is 6.42 Å². The second kappa shape index (κ2) is 6.10. The second-order valence-electron chi connectivity index (χ2n) is 6.56. The van der Waals surface area contributed by atoms with Gasteiger partial charge >= 0.3 is 0 Å². The van der Waals surface area contributed by atoms with Gasteiger partial charge in [0, 0.05) is 29.4 Å². The Labute approximate surface area is 150 Å². The number of benzene rings is 1. The highest BCUT2D eigenvalue weighted by Crippen LogP contribution is 2.41. The Hall–Kier alpha value is -2.93. The van der Waals surface area contributed by atoms with Gasteiger partial charge in [0.2, 0.25) is 6.79 Å². The maximum absolute atomic E-state index is 6.09. The van der Waals surface area contributed by atoms with Gasteiger partial charge in [-0.05, 0) is 50.1 Å². The molecule has 1 aliphatic heterocycles. The molecule has 7 heteroatoms. The first-order valence-corrected chi connectivity index (χ1v) is 8.84. The van der Waals surface area contributed by atoms with Gasteiger partial charge in [0.05, 0.1) is 11.4 Å². The number of hydrogen-bond donors (Lipinski definition) is 1. The fourth-order valence-corrected chi connectivity index (χ4v) is 3.85. The van der Waals surface area contributed by atoms with E-state index in [1.807, 2.05) is 22.9 Å². The molecular weight excluding hydrogens is 330 g/mol. The van der Waals surface area contributed by atoms with Crippen LogP contribution in [0.3, 0.4) is 0 Å². The van der Waals surface area contributed by atoms with E-state index in [4.69, 9.17) is 20.3 Å². The second-order valence-corrected chi connectivity index (χ2v) is 6.56. The first-order valence-electron chi connectivity index (χ1n) is 8.84. The van der Waals surface area contributed by atoms with Gasteiger partial charge in [-0.15, -0.1) is 0 Å². The van der Waals surface area contributed by atoms with Crippen LogP contribution in [0.2, 0.25) is 0 Å². The lowest BCUT2D eigenvalue weighted by Gasteiger charge is -2.22. The molecule has 0 saturated heterocycles. The van der Waals surface area contributed by atoms with Crippen molar-refractivity contribution in [2.24, 2.45) is 5.73 Å². The van der Waals surface area contributed by atoms with E-state index in [-0.39, 0.29) is 12.7 Å². The molecule has 1 unspecified atom stereocenters. The Bertz CT molecular complexity index is 954. The first-order chi connectivity index (χ1) is 12.8. The van der Waals surface area contributed by atoms with Crippen LogP contribution in [-0.4, -0.2) is 33.1 Å². The van der Waals surface area contributed by atoms with Crippen molar-refractivity contribution in [1.29, 1.82) is 0 Å². The lowest BCUT2D eigenvalue weighted by atomic mass is 9.84. The molecule has 0 radical (unpaired) electrons. The minimum atomic E-state index is 0.259. The smallest absolute Gasteiger partial charge is 0.250 e. The zero-order chi connectivity index (χ0) is 17.5. The lowest BCUT2D eigenvalue weighted by molar-refractivity contribution is 0.174. The number of nitrogens with two attached hydrogens (primary N) is 1. The molecule has 2 aliphatic rings. The maximum Gasteiger partial charge on any atom is 0.250 e. The van der Waals surface area contributed by atoms with E-state index in [1.165, 1.54) is 5.56 Å². The van der Waals surface area contributed by atoms with Crippen LogP contribution in [0.25, 0.3) is 17.2 Å². The predicted octanol–water partition coefficient (Wildman–Crippen LogP) is 2.44. The van der Waals surface area contributed by atoms with Gasteiger partial charge in [0.15, 0.2) is 11.5 Å². The van der Waals surface area contributed by atoms with E-state index >= 15 is 0 Å². The summed E-state index contributed by atoms with van der Waals surface area (Å²) in [5.41, 5.74) is 10.4. The standard InChI is InChI=1S/C19H19N5O2/c20-10-13-3-1-4-14-17(13)18(23-24(14)19-21-7-2-8-22-19)12-5-6-15-16(9-12)26-11-25-15/h2,5-9,13H,1,3-4,10-11,20H2. The van der Waals surface area contributed by atoms with Crippen molar-refractivity contribution in [1.82, 2.24) is 19.7 Å². The summed E-state index contributed by atoms with van der Waals surface area (Å²) >= 11 is 0. The Morgan fingerprint density at radius 3 is 2.85 bits per heavy atom. The Morgan fingerprint density at radius 2 is 2.00 bits per heavy atom. The number of fused-ring (bicyclic) bond motifs is 2. The molecule has 1 aromatic carbocycles. The molecule has 7 nitrogen and oxygen atoms in total. The summed E-state index contributed by atoms with van der Waals surface area (Å²) < 4.78 is 12.8. The molecule has 3 aromatic rings. The maximum atomic E-state index is 6.09. The van der Waals surface area contributed by atoms with Crippen LogP contribution in [0, 0.1) is 0 Å². The number of ether oxygens (including phenoxy) is 2. The van der Waals surface area contributed by atoms with Gasteiger partial charge in [0.1, 0.15) is 0 Å². The van der Waals surface area contributed by atoms with Gasteiger partial charge in [-0.25, -0.2) is 14.6 Å². The molecule has 2 N–H and O–H groups in total. The fraction of sp³-hybridized carbons (Fsp3) is 0.316. The average Bonchev–Trinajstić information content (AvgIpc) is 3.32. The molecule has 0 amide bonds. The number of hydrogen-bond acceptors (Lipinski definition) is 6. The van der Waals surface area contributed by atoms with Crippen LogP contribution in [0.1, 0.15) is 30.0 Å². The average molecular weight is 349 g/mol. The van der Waals surface area contributed by atoms with Gasteiger partial charge in [0.25, 0.3) is 5.95 Å². The number of nitrogens with zero attached hydrogens (tertiary/aromatic N) is 4.